The van der Waals surface area contributed by atoms with E-state index in [2.05, 4.69) is 20.4 Å². The van der Waals surface area contributed by atoms with Gasteiger partial charge in [0.15, 0.2) is 0 Å². The number of carbonyl (C=O) groups excluding carboxylic acids is 1. The average Bonchev–Trinajstić information content (AvgIpc) is 2.64. The predicted molar refractivity (Wildman–Crippen MR) is 116 cm³/mol. The molecule has 164 valence electrons. The molecule has 0 aliphatic heterocycles. The molecule has 0 heterocycles. The summed E-state index contributed by atoms with van der Waals surface area (Å²) in [6.07, 6.45) is 2.25. The monoisotopic (exact) mass is 406 g/mol. The Morgan fingerprint density at radius 2 is 1.72 bits per heavy atom. The van der Waals surface area contributed by atoms with E-state index in [4.69, 9.17) is 18.9 Å². The van der Waals surface area contributed by atoms with Gasteiger partial charge in [0.05, 0.1) is 19.8 Å². The molecule has 0 bridgehead atoms. The summed E-state index contributed by atoms with van der Waals surface area (Å²) in [6.45, 7) is 16.2. The molecular weight excluding hydrogens is 368 g/mol. The van der Waals surface area contributed by atoms with Crippen LogP contribution in [0.3, 0.4) is 0 Å². The average molecular weight is 407 g/mol. The third-order valence-electron chi connectivity index (χ3n) is 4.63. The van der Waals surface area contributed by atoms with Crippen molar-refractivity contribution in [2.45, 2.75) is 78.8 Å². The van der Waals surface area contributed by atoms with Crippen molar-refractivity contribution in [2.24, 2.45) is 11.8 Å². The minimum absolute atomic E-state index is 0.0133. The third-order valence-corrected chi connectivity index (χ3v) is 4.63. The first-order valence-corrected chi connectivity index (χ1v) is 10.3. The normalized spacial score (nSPS) is 14.8. The van der Waals surface area contributed by atoms with Gasteiger partial charge in [-0.05, 0) is 57.7 Å². The highest BCUT2D eigenvalue weighted by atomic mass is 16.7. The first-order chi connectivity index (χ1) is 13.6. The lowest BCUT2D eigenvalue weighted by Crippen LogP contribution is -2.36. The maximum atomic E-state index is 12.2. The van der Waals surface area contributed by atoms with Crippen molar-refractivity contribution in [3.8, 4) is 5.75 Å². The van der Waals surface area contributed by atoms with Crippen molar-refractivity contribution in [3.63, 3.8) is 0 Å². The lowest BCUT2D eigenvalue weighted by atomic mass is 9.89. The van der Waals surface area contributed by atoms with Crippen LogP contribution in [0.4, 0.5) is 4.79 Å². The van der Waals surface area contributed by atoms with Crippen LogP contribution in [0.25, 0.3) is 0 Å². The van der Waals surface area contributed by atoms with E-state index >= 15 is 0 Å². The van der Waals surface area contributed by atoms with Gasteiger partial charge in [0.2, 0.25) is 0 Å². The highest BCUT2D eigenvalue weighted by Gasteiger charge is 2.30. The quantitative estimate of drug-likeness (QED) is 0.325. The summed E-state index contributed by atoms with van der Waals surface area (Å²) >= 11 is 0. The van der Waals surface area contributed by atoms with Gasteiger partial charge < -0.3 is 18.9 Å². The fourth-order valence-corrected chi connectivity index (χ4v) is 2.96. The standard InChI is InChI=1S/C24H38O5/c1-9-22(28-23(25)29-24(5,6)7)21(15-10-17(2)3)18(4)27-16-19-11-13-20(26-8)14-12-19/h9,11-14,17-18,21-22H,1,10,15-16H2,2-8H3/t18-,21-,22+/m0/s1. The maximum absolute atomic E-state index is 12.2. The van der Waals surface area contributed by atoms with Gasteiger partial charge in [0, 0.05) is 5.92 Å². The van der Waals surface area contributed by atoms with E-state index in [0.29, 0.717) is 12.5 Å². The smallest absolute Gasteiger partial charge is 0.497 e. The topological polar surface area (TPSA) is 54.0 Å². The zero-order valence-electron chi connectivity index (χ0n) is 19.1. The zero-order chi connectivity index (χ0) is 22.0. The van der Waals surface area contributed by atoms with Crippen LogP contribution in [0, 0.1) is 11.8 Å². The van der Waals surface area contributed by atoms with Gasteiger partial charge in [-0.25, -0.2) is 4.79 Å². The Bertz CT molecular complexity index is 615. The molecule has 0 unspecified atom stereocenters. The second kappa shape index (κ2) is 11.9. The largest absolute Gasteiger partial charge is 0.509 e. The molecule has 0 N–H and O–H groups in total. The summed E-state index contributed by atoms with van der Waals surface area (Å²) in [5, 5.41) is 0. The van der Waals surface area contributed by atoms with Crippen LogP contribution >= 0.6 is 0 Å². The molecule has 5 nitrogen and oxygen atoms in total. The van der Waals surface area contributed by atoms with E-state index in [1.54, 1.807) is 13.2 Å². The van der Waals surface area contributed by atoms with Crippen LogP contribution in [0.5, 0.6) is 5.75 Å². The van der Waals surface area contributed by atoms with Crippen LogP contribution in [-0.2, 0) is 20.8 Å². The molecule has 0 radical (unpaired) electrons. The molecule has 5 heteroatoms. The first-order valence-electron chi connectivity index (χ1n) is 10.3. The van der Waals surface area contributed by atoms with E-state index in [1.807, 2.05) is 52.0 Å². The fourth-order valence-electron chi connectivity index (χ4n) is 2.96. The molecule has 0 amide bonds. The van der Waals surface area contributed by atoms with Gasteiger partial charge >= 0.3 is 6.16 Å². The molecule has 0 aliphatic carbocycles. The van der Waals surface area contributed by atoms with Crippen LogP contribution in [0.2, 0.25) is 0 Å². The van der Waals surface area contributed by atoms with Crippen molar-refractivity contribution in [1.29, 1.82) is 0 Å². The Morgan fingerprint density at radius 1 is 1.10 bits per heavy atom. The van der Waals surface area contributed by atoms with Crippen molar-refractivity contribution in [3.05, 3.63) is 42.5 Å². The molecule has 1 rings (SSSR count). The molecule has 0 fully saturated rings. The van der Waals surface area contributed by atoms with E-state index in [-0.39, 0.29) is 12.0 Å². The Hall–Kier alpha value is -2.01. The van der Waals surface area contributed by atoms with E-state index in [1.165, 1.54) is 0 Å². The van der Waals surface area contributed by atoms with Gasteiger partial charge in [-0.3, -0.25) is 0 Å². The Kier molecular flexibility index (Phi) is 10.2. The molecular formula is C24H38O5. The number of hydrogen-bond donors (Lipinski definition) is 0. The number of carbonyl (C=O) groups is 1. The van der Waals surface area contributed by atoms with Crippen molar-refractivity contribution in [1.82, 2.24) is 0 Å². The minimum atomic E-state index is -0.681. The molecule has 0 spiro atoms. The summed E-state index contributed by atoms with van der Waals surface area (Å²) in [6, 6.07) is 7.79. The minimum Gasteiger partial charge on any atom is -0.497 e. The van der Waals surface area contributed by atoms with E-state index in [9.17, 15) is 4.79 Å². The van der Waals surface area contributed by atoms with Gasteiger partial charge in [-0.1, -0.05) is 45.1 Å². The molecule has 3 atom stereocenters. The SMILES string of the molecule is C=C[C@@H](OC(=O)OC(C)(C)C)[C@@H](CCC(C)C)[C@H](C)OCc1ccc(OC)cc1. The molecule has 1 aromatic rings. The molecule has 1 aromatic carbocycles. The molecule has 29 heavy (non-hydrogen) atoms. The second-order valence-electron chi connectivity index (χ2n) is 8.78. The summed E-state index contributed by atoms with van der Waals surface area (Å²) in [4.78, 5) is 12.2. The van der Waals surface area contributed by atoms with Crippen molar-refractivity contribution < 1.29 is 23.7 Å². The Morgan fingerprint density at radius 3 is 2.21 bits per heavy atom. The van der Waals surface area contributed by atoms with Crippen LogP contribution in [0.1, 0.15) is 59.9 Å². The lowest BCUT2D eigenvalue weighted by molar-refractivity contribution is -0.0616. The maximum Gasteiger partial charge on any atom is 0.509 e. The summed E-state index contributed by atoms with van der Waals surface area (Å²) in [5.41, 5.74) is 0.454. The van der Waals surface area contributed by atoms with Crippen molar-refractivity contribution >= 4 is 6.16 Å². The zero-order valence-corrected chi connectivity index (χ0v) is 19.1. The van der Waals surface area contributed by atoms with Gasteiger partial charge in [0.1, 0.15) is 17.5 Å². The van der Waals surface area contributed by atoms with Crippen LogP contribution in [0.15, 0.2) is 36.9 Å². The van der Waals surface area contributed by atoms with E-state index < -0.39 is 17.9 Å². The van der Waals surface area contributed by atoms with E-state index in [0.717, 1.165) is 24.2 Å². The summed E-state index contributed by atoms with van der Waals surface area (Å²) < 4.78 is 22.2. The van der Waals surface area contributed by atoms with Crippen LogP contribution in [-0.4, -0.2) is 31.1 Å². The molecule has 0 saturated carbocycles. The molecule has 0 saturated heterocycles. The number of ether oxygens (including phenoxy) is 4. The first kappa shape index (κ1) is 25.0. The second-order valence-corrected chi connectivity index (χ2v) is 8.78. The predicted octanol–water partition coefficient (Wildman–Crippen LogP) is 6.16. The third kappa shape index (κ3) is 9.84. The highest BCUT2D eigenvalue weighted by Crippen LogP contribution is 2.26. The summed E-state index contributed by atoms with van der Waals surface area (Å²) in [5.74, 6) is 1.34. The highest BCUT2D eigenvalue weighted by molar-refractivity contribution is 5.61. The van der Waals surface area contributed by atoms with Gasteiger partial charge in [-0.2, -0.15) is 0 Å². The number of rotatable bonds is 11. The van der Waals surface area contributed by atoms with Gasteiger partial charge in [0.25, 0.3) is 0 Å². The van der Waals surface area contributed by atoms with Crippen molar-refractivity contribution in [2.75, 3.05) is 7.11 Å². The fraction of sp³-hybridized carbons (Fsp3) is 0.625. The Balaban J connectivity index is 2.80. The number of methoxy groups -OCH3 is 1. The summed E-state index contributed by atoms with van der Waals surface area (Å²) in [7, 11) is 1.65. The Labute approximate surface area is 176 Å². The van der Waals surface area contributed by atoms with Crippen LogP contribution < -0.4 is 4.74 Å². The van der Waals surface area contributed by atoms with Gasteiger partial charge in [-0.15, -0.1) is 0 Å². The molecule has 0 aromatic heterocycles. The number of benzene rings is 1. The molecule has 0 aliphatic rings. The lowest BCUT2D eigenvalue weighted by Gasteiger charge is -2.31. The number of hydrogen-bond acceptors (Lipinski definition) is 5.